The van der Waals surface area contributed by atoms with Gasteiger partial charge in [-0.25, -0.2) is 17.5 Å². The SMILES string of the molecule is Cc1cc(F)c(S(=O)(=O)NCCCCCO)cc1N. The minimum atomic E-state index is -3.88. The van der Waals surface area contributed by atoms with Crippen LogP contribution in [0.25, 0.3) is 0 Å². The number of aliphatic hydroxyl groups excluding tert-OH is 1. The van der Waals surface area contributed by atoms with E-state index in [2.05, 4.69) is 4.72 Å². The maximum atomic E-state index is 13.6. The van der Waals surface area contributed by atoms with Gasteiger partial charge in [0.1, 0.15) is 10.7 Å². The van der Waals surface area contributed by atoms with Gasteiger partial charge in [-0.15, -0.1) is 0 Å². The Morgan fingerprint density at radius 2 is 2.00 bits per heavy atom. The van der Waals surface area contributed by atoms with Crippen LogP contribution in [0, 0.1) is 12.7 Å². The van der Waals surface area contributed by atoms with Crippen LogP contribution in [-0.4, -0.2) is 26.7 Å². The molecular weight excluding hydrogens is 271 g/mol. The van der Waals surface area contributed by atoms with Crippen LogP contribution in [-0.2, 0) is 10.0 Å². The summed E-state index contributed by atoms with van der Waals surface area (Å²) in [6, 6.07) is 2.23. The number of rotatable bonds is 7. The maximum Gasteiger partial charge on any atom is 0.243 e. The van der Waals surface area contributed by atoms with Crippen LogP contribution >= 0.6 is 0 Å². The van der Waals surface area contributed by atoms with E-state index in [0.717, 1.165) is 12.1 Å². The quantitative estimate of drug-likeness (QED) is 0.519. The summed E-state index contributed by atoms with van der Waals surface area (Å²) in [5.74, 6) is -0.811. The van der Waals surface area contributed by atoms with Crippen LogP contribution in [0.5, 0.6) is 0 Å². The van der Waals surface area contributed by atoms with Gasteiger partial charge in [0.2, 0.25) is 10.0 Å². The maximum absolute atomic E-state index is 13.6. The number of aryl methyl sites for hydroxylation is 1. The molecule has 0 aliphatic rings. The van der Waals surface area contributed by atoms with E-state index in [9.17, 15) is 12.8 Å². The molecule has 1 rings (SSSR count). The molecule has 1 aromatic carbocycles. The molecule has 19 heavy (non-hydrogen) atoms. The average Bonchev–Trinajstić information content (AvgIpc) is 2.33. The molecule has 0 heterocycles. The summed E-state index contributed by atoms with van der Waals surface area (Å²) >= 11 is 0. The molecule has 0 spiro atoms. The van der Waals surface area contributed by atoms with Crippen LogP contribution in [0.3, 0.4) is 0 Å². The largest absolute Gasteiger partial charge is 0.398 e. The second-order valence-corrected chi connectivity index (χ2v) is 6.06. The molecular formula is C12H19FN2O3S. The van der Waals surface area contributed by atoms with Crippen LogP contribution in [0.4, 0.5) is 10.1 Å². The summed E-state index contributed by atoms with van der Waals surface area (Å²) in [4.78, 5) is -0.433. The van der Waals surface area contributed by atoms with Crippen molar-refractivity contribution < 1.29 is 17.9 Å². The average molecular weight is 290 g/mol. The van der Waals surface area contributed by atoms with Crippen LogP contribution in [0.2, 0.25) is 0 Å². The molecule has 0 saturated carbocycles. The number of hydrogen-bond acceptors (Lipinski definition) is 4. The van der Waals surface area contributed by atoms with E-state index in [1.54, 1.807) is 6.92 Å². The molecule has 0 amide bonds. The molecule has 5 nitrogen and oxygen atoms in total. The summed E-state index contributed by atoms with van der Waals surface area (Å²) in [6.45, 7) is 1.89. The van der Waals surface area contributed by atoms with Gasteiger partial charge in [0, 0.05) is 18.8 Å². The van der Waals surface area contributed by atoms with Gasteiger partial charge in [0.05, 0.1) is 0 Å². The lowest BCUT2D eigenvalue weighted by Crippen LogP contribution is -2.26. The number of nitrogen functional groups attached to an aromatic ring is 1. The van der Waals surface area contributed by atoms with Crippen molar-refractivity contribution in [3.63, 3.8) is 0 Å². The number of nitrogens with two attached hydrogens (primary N) is 1. The van der Waals surface area contributed by atoms with Crippen molar-refractivity contribution in [2.75, 3.05) is 18.9 Å². The zero-order chi connectivity index (χ0) is 14.5. The first-order valence-electron chi connectivity index (χ1n) is 6.04. The van der Waals surface area contributed by atoms with Gasteiger partial charge >= 0.3 is 0 Å². The van der Waals surface area contributed by atoms with Gasteiger partial charge in [-0.2, -0.15) is 0 Å². The normalized spacial score (nSPS) is 11.7. The first-order chi connectivity index (χ1) is 8.88. The lowest BCUT2D eigenvalue weighted by molar-refractivity contribution is 0.283. The van der Waals surface area contributed by atoms with Gasteiger partial charge < -0.3 is 10.8 Å². The lowest BCUT2D eigenvalue weighted by Gasteiger charge is -2.09. The molecule has 0 aliphatic heterocycles. The molecule has 0 aliphatic carbocycles. The molecule has 0 radical (unpaired) electrons. The van der Waals surface area contributed by atoms with E-state index in [1.165, 1.54) is 0 Å². The van der Waals surface area contributed by atoms with Gasteiger partial charge in [0.25, 0.3) is 0 Å². The van der Waals surface area contributed by atoms with Crippen LogP contribution in [0.15, 0.2) is 17.0 Å². The second-order valence-electron chi connectivity index (χ2n) is 4.32. The van der Waals surface area contributed by atoms with Crippen molar-refractivity contribution in [1.29, 1.82) is 0 Å². The fourth-order valence-electron chi connectivity index (χ4n) is 1.57. The van der Waals surface area contributed by atoms with Crippen LogP contribution in [0.1, 0.15) is 24.8 Å². The number of hydrogen-bond donors (Lipinski definition) is 3. The minimum Gasteiger partial charge on any atom is -0.398 e. The molecule has 0 aromatic heterocycles. The van der Waals surface area contributed by atoms with Crippen molar-refractivity contribution in [3.8, 4) is 0 Å². The van der Waals surface area contributed by atoms with Crippen molar-refractivity contribution in [3.05, 3.63) is 23.5 Å². The zero-order valence-electron chi connectivity index (χ0n) is 10.8. The second kappa shape index (κ2) is 6.83. The fourth-order valence-corrected chi connectivity index (χ4v) is 2.74. The third-order valence-corrected chi connectivity index (χ3v) is 4.21. The predicted octanol–water partition coefficient (Wildman–Crippen LogP) is 1.16. The Labute approximate surface area is 112 Å². The van der Waals surface area contributed by atoms with Gasteiger partial charge in [-0.05, 0) is 43.9 Å². The number of unbranched alkanes of at least 4 members (excludes halogenated alkanes) is 2. The van der Waals surface area contributed by atoms with Crippen LogP contribution < -0.4 is 10.5 Å². The Morgan fingerprint density at radius 3 is 2.63 bits per heavy atom. The van der Waals surface area contributed by atoms with Crippen molar-refractivity contribution in [1.82, 2.24) is 4.72 Å². The van der Waals surface area contributed by atoms with E-state index in [0.29, 0.717) is 24.8 Å². The zero-order valence-corrected chi connectivity index (χ0v) is 11.6. The highest BCUT2D eigenvalue weighted by Crippen LogP contribution is 2.21. The molecule has 0 unspecified atom stereocenters. The monoisotopic (exact) mass is 290 g/mol. The van der Waals surface area contributed by atoms with Gasteiger partial charge in [0.15, 0.2) is 0 Å². The number of halogens is 1. The molecule has 0 fully saturated rings. The van der Waals surface area contributed by atoms with E-state index >= 15 is 0 Å². The summed E-state index contributed by atoms with van der Waals surface area (Å²) in [5.41, 5.74) is 6.33. The van der Waals surface area contributed by atoms with Crippen molar-refractivity contribution in [2.45, 2.75) is 31.1 Å². The summed E-state index contributed by atoms with van der Waals surface area (Å²) in [6.07, 6.45) is 1.91. The number of nitrogens with one attached hydrogen (secondary N) is 1. The van der Waals surface area contributed by atoms with E-state index in [-0.39, 0.29) is 18.8 Å². The molecule has 0 bridgehead atoms. The lowest BCUT2D eigenvalue weighted by atomic mass is 10.2. The Balaban J connectivity index is 2.75. The number of benzene rings is 1. The van der Waals surface area contributed by atoms with E-state index in [4.69, 9.17) is 10.8 Å². The fraction of sp³-hybridized carbons (Fsp3) is 0.500. The Bertz CT molecular complexity index is 532. The standard InChI is InChI=1S/C12H19FN2O3S/c1-9-7-10(13)12(8-11(9)14)19(17,18)15-5-3-2-4-6-16/h7-8,15-16H,2-6,14H2,1H3. The number of aliphatic hydroxyl groups is 1. The van der Waals surface area contributed by atoms with Gasteiger partial charge in [-0.3, -0.25) is 0 Å². The van der Waals surface area contributed by atoms with Crippen molar-refractivity contribution >= 4 is 15.7 Å². The summed E-state index contributed by atoms with van der Waals surface area (Å²) < 4.78 is 39.8. The molecule has 0 atom stereocenters. The number of sulfonamides is 1. The highest BCUT2D eigenvalue weighted by molar-refractivity contribution is 7.89. The Morgan fingerprint density at radius 1 is 1.32 bits per heavy atom. The van der Waals surface area contributed by atoms with Crippen molar-refractivity contribution in [2.24, 2.45) is 0 Å². The first-order valence-corrected chi connectivity index (χ1v) is 7.53. The topological polar surface area (TPSA) is 92.4 Å². The highest BCUT2D eigenvalue weighted by Gasteiger charge is 2.19. The first kappa shape index (κ1) is 15.9. The van der Waals surface area contributed by atoms with E-state index in [1.807, 2.05) is 0 Å². The Kier molecular flexibility index (Phi) is 5.71. The molecule has 1 aromatic rings. The Hall–Kier alpha value is -1.18. The molecule has 108 valence electrons. The molecule has 7 heteroatoms. The summed E-state index contributed by atoms with van der Waals surface area (Å²) in [5, 5.41) is 8.59. The number of anilines is 1. The molecule has 4 N–H and O–H groups in total. The predicted molar refractivity (Wildman–Crippen MR) is 71.7 cm³/mol. The smallest absolute Gasteiger partial charge is 0.243 e. The third-order valence-electron chi connectivity index (χ3n) is 2.74. The highest BCUT2D eigenvalue weighted by atomic mass is 32.2. The van der Waals surface area contributed by atoms with E-state index < -0.39 is 20.7 Å². The molecule has 0 saturated heterocycles. The third kappa shape index (κ3) is 4.45. The minimum absolute atomic E-state index is 0.0792. The summed E-state index contributed by atoms with van der Waals surface area (Å²) in [7, 11) is -3.88. The van der Waals surface area contributed by atoms with Gasteiger partial charge in [-0.1, -0.05) is 0 Å².